The Morgan fingerprint density at radius 3 is 3.17 bits per heavy atom. The van der Waals surface area contributed by atoms with Crippen molar-refractivity contribution >= 4 is 10.9 Å². The molecule has 1 aliphatic rings. The Labute approximate surface area is 70.6 Å². The van der Waals surface area contributed by atoms with Crippen LogP contribution in [0, 0.1) is 0 Å². The van der Waals surface area contributed by atoms with Crippen molar-refractivity contribution in [1.29, 1.82) is 0 Å². The lowest BCUT2D eigenvalue weighted by Gasteiger charge is -1.95. The third-order valence-corrected chi connectivity index (χ3v) is 2.45. The maximum absolute atomic E-state index is 4.41. The van der Waals surface area contributed by atoms with Crippen molar-refractivity contribution in [2.75, 3.05) is 0 Å². The molecule has 0 aliphatic heterocycles. The number of pyridine rings is 1. The number of hydrogen-bond donors (Lipinski definition) is 1. The van der Waals surface area contributed by atoms with Crippen LogP contribution in [0.2, 0.25) is 0 Å². The van der Waals surface area contributed by atoms with Gasteiger partial charge in [-0.1, -0.05) is 0 Å². The van der Waals surface area contributed by atoms with E-state index >= 15 is 0 Å². The highest BCUT2D eigenvalue weighted by Gasteiger charge is 2.24. The van der Waals surface area contributed by atoms with Gasteiger partial charge in [-0.25, -0.2) is 0 Å². The highest BCUT2D eigenvalue weighted by atomic mass is 14.8. The molecule has 2 nitrogen and oxygen atoms in total. The van der Waals surface area contributed by atoms with Gasteiger partial charge in [-0.3, -0.25) is 4.98 Å². The molecule has 1 N–H and O–H groups in total. The number of rotatable bonds is 1. The van der Waals surface area contributed by atoms with Crippen LogP contribution < -0.4 is 0 Å². The van der Waals surface area contributed by atoms with Crippen LogP contribution in [-0.2, 0) is 0 Å². The van der Waals surface area contributed by atoms with E-state index in [9.17, 15) is 0 Å². The van der Waals surface area contributed by atoms with Crippen LogP contribution in [0.4, 0.5) is 0 Å². The van der Waals surface area contributed by atoms with Crippen molar-refractivity contribution in [2.45, 2.75) is 18.8 Å². The molecule has 2 aromatic heterocycles. The van der Waals surface area contributed by atoms with Gasteiger partial charge in [-0.05, 0) is 25.0 Å². The van der Waals surface area contributed by atoms with Gasteiger partial charge >= 0.3 is 0 Å². The van der Waals surface area contributed by atoms with E-state index in [4.69, 9.17) is 0 Å². The van der Waals surface area contributed by atoms with Crippen LogP contribution in [0.25, 0.3) is 10.9 Å². The summed E-state index contributed by atoms with van der Waals surface area (Å²) >= 11 is 0. The third kappa shape index (κ3) is 0.843. The second-order valence-corrected chi connectivity index (χ2v) is 3.45. The molecule has 0 atom stereocenters. The summed E-state index contributed by atoms with van der Waals surface area (Å²) in [6.45, 7) is 0. The van der Waals surface area contributed by atoms with Gasteiger partial charge in [0.1, 0.15) is 0 Å². The second-order valence-electron chi connectivity index (χ2n) is 3.45. The van der Waals surface area contributed by atoms with Crippen LogP contribution in [-0.4, -0.2) is 9.97 Å². The van der Waals surface area contributed by atoms with Crippen molar-refractivity contribution in [1.82, 2.24) is 9.97 Å². The molecule has 2 heterocycles. The van der Waals surface area contributed by atoms with Gasteiger partial charge in [0, 0.05) is 23.2 Å². The summed E-state index contributed by atoms with van der Waals surface area (Å²) < 4.78 is 0. The monoisotopic (exact) mass is 158 g/mol. The maximum atomic E-state index is 4.41. The molecule has 0 bridgehead atoms. The Bertz CT molecular complexity index is 412. The molecule has 1 fully saturated rings. The zero-order valence-corrected chi connectivity index (χ0v) is 6.75. The highest BCUT2D eigenvalue weighted by Crippen LogP contribution is 2.39. The molecule has 0 radical (unpaired) electrons. The fourth-order valence-corrected chi connectivity index (χ4v) is 1.57. The fraction of sp³-hybridized carbons (Fsp3) is 0.300. The Balaban J connectivity index is 2.21. The first kappa shape index (κ1) is 6.23. The Morgan fingerprint density at radius 1 is 1.42 bits per heavy atom. The first-order valence-corrected chi connectivity index (χ1v) is 4.36. The van der Waals surface area contributed by atoms with Crippen molar-refractivity contribution in [3.8, 4) is 0 Å². The summed E-state index contributed by atoms with van der Waals surface area (Å²) in [6.07, 6.45) is 6.54. The molecule has 0 saturated heterocycles. The predicted octanol–water partition coefficient (Wildman–Crippen LogP) is 2.44. The first-order chi connectivity index (χ1) is 5.93. The number of fused-ring (bicyclic) bond motifs is 1. The van der Waals surface area contributed by atoms with Crippen molar-refractivity contribution < 1.29 is 0 Å². The smallest absolute Gasteiger partial charge is 0.0640 e. The number of hydrogen-bond acceptors (Lipinski definition) is 1. The summed E-state index contributed by atoms with van der Waals surface area (Å²) in [5.41, 5.74) is 2.40. The van der Waals surface area contributed by atoms with Gasteiger partial charge in [-0.15, -0.1) is 0 Å². The van der Waals surface area contributed by atoms with Crippen LogP contribution in [0.5, 0.6) is 0 Å². The van der Waals surface area contributed by atoms with E-state index in [0.717, 1.165) is 11.4 Å². The molecule has 2 heteroatoms. The van der Waals surface area contributed by atoms with Crippen LogP contribution in [0.15, 0.2) is 24.5 Å². The molecule has 0 amide bonds. The van der Waals surface area contributed by atoms with Gasteiger partial charge in [0.2, 0.25) is 0 Å². The Morgan fingerprint density at radius 2 is 2.33 bits per heavy atom. The fourth-order valence-electron chi connectivity index (χ4n) is 1.57. The van der Waals surface area contributed by atoms with E-state index < -0.39 is 0 Å². The highest BCUT2D eigenvalue weighted by molar-refractivity contribution is 5.78. The molecule has 3 rings (SSSR count). The molecular weight excluding hydrogens is 148 g/mol. The normalized spacial score (nSPS) is 17.0. The molecular formula is C10H10N2. The summed E-state index contributed by atoms with van der Waals surface area (Å²) in [6, 6.07) is 4.30. The quantitative estimate of drug-likeness (QED) is 0.678. The number of nitrogens with zero attached hydrogens (tertiary/aromatic N) is 1. The first-order valence-electron chi connectivity index (χ1n) is 4.36. The van der Waals surface area contributed by atoms with E-state index in [-0.39, 0.29) is 0 Å². The van der Waals surface area contributed by atoms with Crippen LogP contribution in [0.3, 0.4) is 0 Å². The molecule has 60 valence electrons. The SMILES string of the molecule is c1cc2cc(C3CC3)ncc2[nH]1. The van der Waals surface area contributed by atoms with Gasteiger partial charge in [-0.2, -0.15) is 0 Å². The lowest BCUT2D eigenvalue weighted by atomic mass is 10.2. The number of nitrogens with one attached hydrogen (secondary N) is 1. The van der Waals surface area contributed by atoms with E-state index in [1.807, 2.05) is 12.4 Å². The van der Waals surface area contributed by atoms with E-state index in [1.165, 1.54) is 23.9 Å². The van der Waals surface area contributed by atoms with Crippen molar-refractivity contribution in [2.24, 2.45) is 0 Å². The predicted molar refractivity (Wildman–Crippen MR) is 48.1 cm³/mol. The molecule has 1 saturated carbocycles. The van der Waals surface area contributed by atoms with Gasteiger partial charge in [0.25, 0.3) is 0 Å². The lowest BCUT2D eigenvalue weighted by Crippen LogP contribution is -1.84. The molecule has 0 unspecified atom stereocenters. The van der Waals surface area contributed by atoms with E-state index in [0.29, 0.717) is 0 Å². The van der Waals surface area contributed by atoms with Crippen LogP contribution in [0.1, 0.15) is 24.5 Å². The molecule has 0 spiro atoms. The number of aromatic nitrogens is 2. The average Bonchev–Trinajstić information content (AvgIpc) is 2.84. The van der Waals surface area contributed by atoms with Gasteiger partial charge in [0.15, 0.2) is 0 Å². The third-order valence-electron chi connectivity index (χ3n) is 2.45. The lowest BCUT2D eigenvalue weighted by molar-refractivity contribution is 1.03. The summed E-state index contributed by atoms with van der Waals surface area (Å²) in [5.74, 6) is 0.754. The minimum absolute atomic E-state index is 0.754. The van der Waals surface area contributed by atoms with E-state index in [1.54, 1.807) is 0 Å². The summed E-state index contributed by atoms with van der Waals surface area (Å²) in [5, 5.41) is 1.28. The zero-order valence-electron chi connectivity index (χ0n) is 6.75. The molecule has 2 aromatic rings. The number of aromatic amines is 1. The van der Waals surface area contributed by atoms with Crippen molar-refractivity contribution in [3.63, 3.8) is 0 Å². The van der Waals surface area contributed by atoms with Gasteiger partial charge < -0.3 is 4.98 Å². The van der Waals surface area contributed by atoms with Crippen LogP contribution >= 0.6 is 0 Å². The minimum atomic E-state index is 0.754. The second kappa shape index (κ2) is 2.09. The maximum Gasteiger partial charge on any atom is 0.0640 e. The molecule has 12 heavy (non-hydrogen) atoms. The summed E-state index contributed by atoms with van der Waals surface area (Å²) in [4.78, 5) is 7.55. The minimum Gasteiger partial charge on any atom is -0.360 e. The average molecular weight is 158 g/mol. The van der Waals surface area contributed by atoms with Gasteiger partial charge in [0.05, 0.1) is 11.7 Å². The largest absolute Gasteiger partial charge is 0.360 e. The zero-order chi connectivity index (χ0) is 7.97. The standard InChI is InChI=1S/C10H10N2/c1-2-7(1)9-5-8-3-4-11-10(8)6-12-9/h3-7,11H,1-2H2. The van der Waals surface area contributed by atoms with E-state index in [2.05, 4.69) is 22.1 Å². The molecule has 0 aromatic carbocycles. The Kier molecular flexibility index (Phi) is 1.09. The van der Waals surface area contributed by atoms with Crippen molar-refractivity contribution in [3.05, 3.63) is 30.2 Å². The Hall–Kier alpha value is -1.31. The number of H-pyrrole nitrogens is 1. The molecule has 1 aliphatic carbocycles. The summed E-state index contributed by atoms with van der Waals surface area (Å²) in [7, 11) is 0. The topological polar surface area (TPSA) is 28.7 Å².